The Kier molecular flexibility index (Phi) is 4.85. The monoisotopic (exact) mass is 360 g/mol. The van der Waals surface area contributed by atoms with E-state index in [0.717, 1.165) is 0 Å². The summed E-state index contributed by atoms with van der Waals surface area (Å²) in [7, 11) is 1.39. The van der Waals surface area contributed by atoms with E-state index in [1.807, 2.05) is 0 Å². The van der Waals surface area contributed by atoms with E-state index >= 15 is 0 Å². The van der Waals surface area contributed by atoms with Crippen LogP contribution in [0.2, 0.25) is 5.02 Å². The van der Waals surface area contributed by atoms with Gasteiger partial charge in [-0.1, -0.05) is 35.0 Å². The molecule has 0 unspecified atom stereocenters. The van der Waals surface area contributed by atoms with Crippen molar-refractivity contribution in [2.75, 3.05) is 7.11 Å². The fraction of sp³-hybridized carbons (Fsp3) is 0.118. The zero-order valence-electron chi connectivity index (χ0n) is 13.1. The highest BCUT2D eigenvalue weighted by Crippen LogP contribution is 2.30. The maximum Gasteiger partial charge on any atom is 0.342 e. The molecule has 1 N–H and O–H groups in total. The van der Waals surface area contributed by atoms with Crippen molar-refractivity contribution in [3.05, 3.63) is 58.9 Å². The summed E-state index contributed by atoms with van der Waals surface area (Å²) in [5, 5.41) is 14.3. The van der Waals surface area contributed by atoms with E-state index in [4.69, 9.17) is 25.6 Å². The number of methoxy groups -OCH3 is 1. The molecule has 0 aliphatic heterocycles. The van der Waals surface area contributed by atoms with E-state index in [1.54, 1.807) is 30.3 Å². The first-order valence-electron chi connectivity index (χ1n) is 7.20. The standard InChI is InChI=1S/C17H13ClN2O5/c1-23-13-7-3-6-12(15(13)21)17(22)24-9-14-19-16(20-25-14)10-4-2-5-11(18)8-10/h2-8,21H,9H2,1H3. The minimum Gasteiger partial charge on any atom is -0.504 e. The number of ether oxygens (including phenoxy) is 2. The number of esters is 1. The van der Waals surface area contributed by atoms with E-state index < -0.39 is 5.97 Å². The van der Waals surface area contributed by atoms with Gasteiger partial charge in [0.1, 0.15) is 5.56 Å². The number of aromatic nitrogens is 2. The molecule has 7 nitrogen and oxygen atoms in total. The summed E-state index contributed by atoms with van der Waals surface area (Å²) >= 11 is 5.92. The molecular formula is C17H13ClN2O5. The lowest BCUT2D eigenvalue weighted by atomic mass is 10.2. The smallest absolute Gasteiger partial charge is 0.342 e. The Morgan fingerprint density at radius 3 is 2.84 bits per heavy atom. The molecule has 0 spiro atoms. The maximum atomic E-state index is 12.1. The van der Waals surface area contributed by atoms with Crippen molar-refractivity contribution in [1.82, 2.24) is 10.1 Å². The first-order valence-corrected chi connectivity index (χ1v) is 7.58. The molecule has 3 aromatic rings. The second-order valence-corrected chi connectivity index (χ2v) is 5.39. The van der Waals surface area contributed by atoms with Crippen molar-refractivity contribution in [3.8, 4) is 22.9 Å². The van der Waals surface area contributed by atoms with Crippen LogP contribution in [0.3, 0.4) is 0 Å². The summed E-state index contributed by atoms with van der Waals surface area (Å²) in [6, 6.07) is 11.5. The van der Waals surface area contributed by atoms with Gasteiger partial charge in [-0.05, 0) is 24.3 Å². The van der Waals surface area contributed by atoms with Crippen molar-refractivity contribution in [2.24, 2.45) is 0 Å². The van der Waals surface area contributed by atoms with Crippen LogP contribution in [0.15, 0.2) is 47.0 Å². The summed E-state index contributed by atoms with van der Waals surface area (Å²) in [4.78, 5) is 16.2. The number of halogens is 1. The first kappa shape index (κ1) is 16.8. The number of phenols is 1. The molecule has 0 saturated carbocycles. The second-order valence-electron chi connectivity index (χ2n) is 4.95. The molecule has 128 valence electrons. The molecule has 1 heterocycles. The van der Waals surface area contributed by atoms with Crippen molar-refractivity contribution in [1.29, 1.82) is 0 Å². The first-order chi connectivity index (χ1) is 12.1. The van der Waals surface area contributed by atoms with Crippen molar-refractivity contribution in [3.63, 3.8) is 0 Å². The summed E-state index contributed by atoms with van der Waals surface area (Å²) < 4.78 is 15.1. The number of para-hydroxylation sites is 1. The predicted molar refractivity (Wildman–Crippen MR) is 88.5 cm³/mol. The summed E-state index contributed by atoms with van der Waals surface area (Å²) in [6.45, 7) is -0.233. The number of carbonyl (C=O) groups is 1. The lowest BCUT2D eigenvalue weighted by molar-refractivity contribution is 0.0426. The number of carbonyl (C=O) groups excluding carboxylic acids is 1. The Morgan fingerprint density at radius 1 is 1.28 bits per heavy atom. The average molecular weight is 361 g/mol. The molecular weight excluding hydrogens is 348 g/mol. The quantitative estimate of drug-likeness (QED) is 0.696. The van der Waals surface area contributed by atoms with Gasteiger partial charge in [0.25, 0.3) is 5.89 Å². The molecule has 8 heteroatoms. The van der Waals surface area contributed by atoms with Crippen molar-refractivity contribution >= 4 is 17.6 Å². The van der Waals surface area contributed by atoms with E-state index in [-0.39, 0.29) is 29.6 Å². The van der Waals surface area contributed by atoms with E-state index in [2.05, 4.69) is 10.1 Å². The summed E-state index contributed by atoms with van der Waals surface area (Å²) in [5.74, 6) is -0.405. The highest BCUT2D eigenvalue weighted by atomic mass is 35.5. The lowest BCUT2D eigenvalue weighted by Gasteiger charge is -2.07. The number of benzene rings is 2. The third kappa shape index (κ3) is 3.72. The number of rotatable bonds is 5. The SMILES string of the molecule is COc1cccc(C(=O)OCc2nc(-c3cccc(Cl)c3)no2)c1O. The molecule has 2 aromatic carbocycles. The van der Waals surface area contributed by atoms with Gasteiger partial charge in [0.2, 0.25) is 5.82 Å². The third-order valence-corrected chi connectivity index (χ3v) is 3.55. The maximum absolute atomic E-state index is 12.1. The van der Waals surface area contributed by atoms with Gasteiger partial charge < -0.3 is 19.1 Å². The van der Waals surface area contributed by atoms with Crippen LogP contribution in [0.1, 0.15) is 16.2 Å². The Balaban J connectivity index is 1.69. The van der Waals surface area contributed by atoms with Crippen LogP contribution in [0.4, 0.5) is 0 Å². The van der Waals surface area contributed by atoms with Crippen LogP contribution in [-0.4, -0.2) is 28.3 Å². The van der Waals surface area contributed by atoms with E-state index in [9.17, 15) is 9.90 Å². The Morgan fingerprint density at radius 2 is 2.08 bits per heavy atom. The minimum atomic E-state index is -0.737. The number of nitrogens with zero attached hydrogens (tertiary/aromatic N) is 2. The Labute approximate surface area is 147 Å². The van der Waals surface area contributed by atoms with Crippen molar-refractivity contribution in [2.45, 2.75) is 6.61 Å². The van der Waals surface area contributed by atoms with Crippen molar-refractivity contribution < 1.29 is 23.9 Å². The largest absolute Gasteiger partial charge is 0.504 e. The zero-order chi connectivity index (χ0) is 17.8. The highest BCUT2D eigenvalue weighted by molar-refractivity contribution is 6.30. The highest BCUT2D eigenvalue weighted by Gasteiger charge is 2.18. The second kappa shape index (κ2) is 7.23. The van der Waals surface area contributed by atoms with Crippen LogP contribution in [0.5, 0.6) is 11.5 Å². The molecule has 0 bridgehead atoms. The molecule has 0 atom stereocenters. The van der Waals surface area contributed by atoms with Crippen LogP contribution in [-0.2, 0) is 11.3 Å². The molecule has 25 heavy (non-hydrogen) atoms. The van der Waals surface area contributed by atoms with Crippen LogP contribution in [0.25, 0.3) is 11.4 Å². The molecule has 0 saturated heterocycles. The number of hydrogen-bond donors (Lipinski definition) is 1. The molecule has 1 aromatic heterocycles. The number of hydrogen-bond acceptors (Lipinski definition) is 7. The van der Waals surface area contributed by atoms with Crippen LogP contribution < -0.4 is 4.74 Å². The normalized spacial score (nSPS) is 10.5. The Bertz CT molecular complexity index is 910. The van der Waals surface area contributed by atoms with Gasteiger partial charge in [0.15, 0.2) is 18.1 Å². The topological polar surface area (TPSA) is 94.7 Å². The zero-order valence-corrected chi connectivity index (χ0v) is 13.9. The molecule has 0 amide bonds. The van der Waals surface area contributed by atoms with Crippen LogP contribution >= 0.6 is 11.6 Å². The molecule has 3 rings (SSSR count). The molecule has 0 aliphatic carbocycles. The molecule has 0 radical (unpaired) electrons. The van der Waals surface area contributed by atoms with Gasteiger partial charge in [-0.2, -0.15) is 4.98 Å². The third-order valence-electron chi connectivity index (χ3n) is 3.32. The van der Waals surface area contributed by atoms with Gasteiger partial charge in [-0.15, -0.1) is 0 Å². The number of phenolic OH excluding ortho intramolecular Hbond substituents is 1. The fourth-order valence-corrected chi connectivity index (χ4v) is 2.31. The summed E-state index contributed by atoms with van der Waals surface area (Å²) in [5.41, 5.74) is 0.660. The predicted octanol–water partition coefficient (Wildman–Crippen LogP) is 3.46. The Hall–Kier alpha value is -3.06. The van der Waals surface area contributed by atoms with E-state index in [0.29, 0.717) is 16.4 Å². The molecule has 0 aliphatic rings. The van der Waals surface area contributed by atoms with Gasteiger partial charge >= 0.3 is 5.97 Å². The van der Waals surface area contributed by atoms with Gasteiger partial charge in [0.05, 0.1) is 7.11 Å². The lowest BCUT2D eigenvalue weighted by Crippen LogP contribution is -2.06. The average Bonchev–Trinajstić information content (AvgIpc) is 3.09. The van der Waals surface area contributed by atoms with Gasteiger partial charge in [-0.25, -0.2) is 4.79 Å². The van der Waals surface area contributed by atoms with Gasteiger partial charge in [-0.3, -0.25) is 0 Å². The minimum absolute atomic E-state index is 0.0195. The van der Waals surface area contributed by atoms with Gasteiger partial charge in [0, 0.05) is 10.6 Å². The number of aromatic hydroxyl groups is 1. The molecule has 0 fully saturated rings. The fourth-order valence-electron chi connectivity index (χ4n) is 2.12. The van der Waals surface area contributed by atoms with Crippen LogP contribution in [0, 0.1) is 0 Å². The summed E-state index contributed by atoms with van der Waals surface area (Å²) in [6.07, 6.45) is 0. The van der Waals surface area contributed by atoms with E-state index in [1.165, 1.54) is 19.2 Å².